The summed E-state index contributed by atoms with van der Waals surface area (Å²) in [5.41, 5.74) is 0.915. The average molecular weight is 170 g/mol. The Balaban J connectivity index is 2.15. The quantitative estimate of drug-likeness (QED) is 0.661. The van der Waals surface area contributed by atoms with Crippen molar-refractivity contribution in [2.75, 3.05) is 20.3 Å². The molecule has 1 aromatic heterocycles. The first-order valence-corrected chi connectivity index (χ1v) is 3.95. The fourth-order valence-corrected chi connectivity index (χ4v) is 0.885. The van der Waals surface area contributed by atoms with Crippen LogP contribution in [0.2, 0.25) is 0 Å². The molecule has 0 radical (unpaired) electrons. The molecule has 0 atom stereocenters. The first-order chi connectivity index (χ1) is 5.83. The topological polar surface area (TPSA) is 47.3 Å². The number of ether oxygens (including phenoxy) is 1. The lowest BCUT2D eigenvalue weighted by Crippen LogP contribution is -2.18. The molecule has 0 unspecified atom stereocenters. The Kier molecular flexibility index (Phi) is 3.76. The second-order valence-corrected chi connectivity index (χ2v) is 2.60. The van der Waals surface area contributed by atoms with E-state index in [1.807, 2.05) is 13.0 Å². The maximum Gasteiger partial charge on any atom is 0.150 e. The Bertz CT molecular complexity index is 223. The highest BCUT2D eigenvalue weighted by Crippen LogP contribution is 2.00. The summed E-state index contributed by atoms with van der Waals surface area (Å²) < 4.78 is 9.87. The second-order valence-electron chi connectivity index (χ2n) is 2.60. The Labute approximate surface area is 71.9 Å². The highest BCUT2D eigenvalue weighted by atomic mass is 16.5. The van der Waals surface area contributed by atoms with Crippen molar-refractivity contribution in [2.45, 2.75) is 13.5 Å². The van der Waals surface area contributed by atoms with Crippen LogP contribution in [-0.2, 0) is 11.3 Å². The van der Waals surface area contributed by atoms with Gasteiger partial charge in [-0.15, -0.1) is 0 Å². The normalized spacial score (nSPS) is 10.5. The van der Waals surface area contributed by atoms with Gasteiger partial charge in [-0.3, -0.25) is 0 Å². The third-order valence-corrected chi connectivity index (χ3v) is 1.46. The molecule has 0 saturated carbocycles. The van der Waals surface area contributed by atoms with Crippen LogP contribution in [0.25, 0.3) is 0 Å². The first kappa shape index (κ1) is 9.22. The van der Waals surface area contributed by atoms with Gasteiger partial charge in [0.15, 0.2) is 5.76 Å². The molecule has 4 nitrogen and oxygen atoms in total. The van der Waals surface area contributed by atoms with Crippen LogP contribution in [0.3, 0.4) is 0 Å². The SMILES string of the molecule is COCCNCc1cc(C)no1. The van der Waals surface area contributed by atoms with Crippen LogP contribution < -0.4 is 5.32 Å². The minimum absolute atomic E-state index is 0.712. The van der Waals surface area contributed by atoms with Gasteiger partial charge < -0.3 is 14.6 Å². The van der Waals surface area contributed by atoms with E-state index in [9.17, 15) is 0 Å². The largest absolute Gasteiger partial charge is 0.383 e. The van der Waals surface area contributed by atoms with Crippen molar-refractivity contribution in [3.05, 3.63) is 17.5 Å². The summed E-state index contributed by atoms with van der Waals surface area (Å²) in [6.07, 6.45) is 0. The smallest absolute Gasteiger partial charge is 0.150 e. The van der Waals surface area contributed by atoms with Gasteiger partial charge >= 0.3 is 0 Å². The van der Waals surface area contributed by atoms with Crippen LogP contribution in [-0.4, -0.2) is 25.4 Å². The van der Waals surface area contributed by atoms with E-state index in [-0.39, 0.29) is 0 Å². The summed E-state index contributed by atoms with van der Waals surface area (Å²) in [6.45, 7) is 4.16. The van der Waals surface area contributed by atoms with Gasteiger partial charge in [0.1, 0.15) is 0 Å². The van der Waals surface area contributed by atoms with Crippen molar-refractivity contribution in [2.24, 2.45) is 0 Å². The molecule has 1 N–H and O–H groups in total. The number of hydrogen-bond acceptors (Lipinski definition) is 4. The third-order valence-electron chi connectivity index (χ3n) is 1.46. The molecule has 0 saturated heterocycles. The Morgan fingerprint density at radius 1 is 1.67 bits per heavy atom. The predicted octanol–water partition coefficient (Wildman–Crippen LogP) is 0.719. The second kappa shape index (κ2) is 4.90. The number of nitrogens with zero attached hydrogens (tertiary/aromatic N) is 1. The van der Waals surface area contributed by atoms with Crippen LogP contribution in [0.1, 0.15) is 11.5 Å². The van der Waals surface area contributed by atoms with Gasteiger partial charge in [-0.1, -0.05) is 5.16 Å². The van der Waals surface area contributed by atoms with Crippen LogP contribution in [0.5, 0.6) is 0 Å². The summed E-state index contributed by atoms with van der Waals surface area (Å²) in [5.74, 6) is 0.864. The summed E-state index contributed by atoms with van der Waals surface area (Å²) >= 11 is 0. The summed E-state index contributed by atoms with van der Waals surface area (Å²) in [4.78, 5) is 0. The Morgan fingerprint density at radius 3 is 3.08 bits per heavy atom. The maximum atomic E-state index is 4.99. The number of nitrogens with one attached hydrogen (secondary N) is 1. The lowest BCUT2D eigenvalue weighted by Gasteiger charge is -1.99. The molecule has 0 aliphatic heterocycles. The molecule has 0 aliphatic carbocycles. The van der Waals surface area contributed by atoms with Gasteiger partial charge in [0.25, 0.3) is 0 Å². The summed E-state index contributed by atoms with van der Waals surface area (Å²) in [5, 5.41) is 6.93. The molecule has 0 spiro atoms. The van der Waals surface area contributed by atoms with Crippen LogP contribution in [0.15, 0.2) is 10.6 Å². The number of aromatic nitrogens is 1. The molecule has 1 rings (SSSR count). The van der Waals surface area contributed by atoms with Crippen molar-refractivity contribution in [3.63, 3.8) is 0 Å². The minimum Gasteiger partial charge on any atom is -0.383 e. The van der Waals surface area contributed by atoms with E-state index in [0.717, 1.165) is 18.0 Å². The van der Waals surface area contributed by atoms with Crippen molar-refractivity contribution in [1.29, 1.82) is 0 Å². The lowest BCUT2D eigenvalue weighted by molar-refractivity contribution is 0.198. The molecule has 1 aromatic rings. The first-order valence-electron chi connectivity index (χ1n) is 3.95. The summed E-state index contributed by atoms with van der Waals surface area (Å²) in [6, 6.07) is 1.92. The molecule has 0 aromatic carbocycles. The highest BCUT2D eigenvalue weighted by molar-refractivity contribution is 5.02. The molecule has 4 heteroatoms. The molecule has 0 amide bonds. The van der Waals surface area contributed by atoms with Crippen LogP contribution in [0, 0.1) is 6.92 Å². The monoisotopic (exact) mass is 170 g/mol. The van der Waals surface area contributed by atoms with Gasteiger partial charge in [0.2, 0.25) is 0 Å². The number of rotatable bonds is 5. The van der Waals surface area contributed by atoms with Crippen molar-refractivity contribution < 1.29 is 9.26 Å². The van der Waals surface area contributed by atoms with Gasteiger partial charge in [-0.05, 0) is 6.92 Å². The Morgan fingerprint density at radius 2 is 2.50 bits per heavy atom. The van der Waals surface area contributed by atoms with Gasteiger partial charge in [-0.2, -0.15) is 0 Å². The van der Waals surface area contributed by atoms with E-state index in [1.165, 1.54) is 0 Å². The molecule has 12 heavy (non-hydrogen) atoms. The zero-order valence-electron chi connectivity index (χ0n) is 7.46. The molecular weight excluding hydrogens is 156 g/mol. The van der Waals surface area contributed by atoms with Crippen molar-refractivity contribution >= 4 is 0 Å². The van der Waals surface area contributed by atoms with E-state index in [0.29, 0.717) is 13.2 Å². The van der Waals surface area contributed by atoms with Crippen molar-refractivity contribution in [1.82, 2.24) is 10.5 Å². The van der Waals surface area contributed by atoms with E-state index in [2.05, 4.69) is 10.5 Å². The van der Waals surface area contributed by atoms with E-state index < -0.39 is 0 Å². The van der Waals surface area contributed by atoms with E-state index in [1.54, 1.807) is 7.11 Å². The van der Waals surface area contributed by atoms with Gasteiger partial charge in [0, 0.05) is 19.7 Å². The lowest BCUT2D eigenvalue weighted by atomic mass is 10.4. The Hall–Kier alpha value is -0.870. The zero-order valence-corrected chi connectivity index (χ0v) is 7.46. The molecule has 0 aliphatic rings. The average Bonchev–Trinajstić information content (AvgIpc) is 2.45. The number of hydrogen-bond donors (Lipinski definition) is 1. The molecule has 1 heterocycles. The standard InChI is InChI=1S/C8H14N2O2/c1-7-5-8(12-10-7)6-9-3-4-11-2/h5,9H,3-4,6H2,1-2H3. The number of aryl methyl sites for hydroxylation is 1. The third kappa shape index (κ3) is 3.02. The fourth-order valence-electron chi connectivity index (χ4n) is 0.885. The van der Waals surface area contributed by atoms with E-state index >= 15 is 0 Å². The minimum atomic E-state index is 0.712. The molecule has 0 bridgehead atoms. The van der Waals surface area contributed by atoms with Crippen LogP contribution >= 0.6 is 0 Å². The molecule has 0 fully saturated rings. The maximum absolute atomic E-state index is 4.99. The zero-order chi connectivity index (χ0) is 8.81. The van der Waals surface area contributed by atoms with Crippen LogP contribution in [0.4, 0.5) is 0 Å². The molecular formula is C8H14N2O2. The molecule has 68 valence electrons. The fraction of sp³-hybridized carbons (Fsp3) is 0.625. The van der Waals surface area contributed by atoms with Crippen molar-refractivity contribution in [3.8, 4) is 0 Å². The van der Waals surface area contributed by atoms with E-state index in [4.69, 9.17) is 9.26 Å². The highest BCUT2D eigenvalue weighted by Gasteiger charge is 1.98. The predicted molar refractivity (Wildman–Crippen MR) is 44.8 cm³/mol. The van der Waals surface area contributed by atoms with Gasteiger partial charge in [-0.25, -0.2) is 0 Å². The summed E-state index contributed by atoms with van der Waals surface area (Å²) in [7, 11) is 1.68. The number of methoxy groups -OCH3 is 1. The van der Waals surface area contributed by atoms with Gasteiger partial charge in [0.05, 0.1) is 18.8 Å².